The Hall–Kier alpha value is -1.10. The molecule has 116 valence electrons. The number of amides is 1. The van der Waals surface area contributed by atoms with E-state index in [9.17, 15) is 9.59 Å². The van der Waals surface area contributed by atoms with Gasteiger partial charge in [-0.05, 0) is 45.2 Å². The van der Waals surface area contributed by atoms with Crippen LogP contribution in [0.25, 0.3) is 0 Å². The molecular formula is C15H28N2O3. The molecule has 0 aliphatic carbocycles. The summed E-state index contributed by atoms with van der Waals surface area (Å²) in [7, 11) is 1.86. The summed E-state index contributed by atoms with van der Waals surface area (Å²) in [5.41, 5.74) is 0. The molecule has 0 spiro atoms. The smallest absolute Gasteiger partial charge is 0.306 e. The number of aliphatic carboxylic acids is 1. The molecule has 5 nitrogen and oxygen atoms in total. The Morgan fingerprint density at radius 1 is 1.25 bits per heavy atom. The number of carboxylic acids is 1. The highest BCUT2D eigenvalue weighted by Crippen LogP contribution is 2.17. The van der Waals surface area contributed by atoms with Crippen molar-refractivity contribution >= 4 is 11.9 Å². The number of carbonyl (C=O) groups is 2. The van der Waals surface area contributed by atoms with Crippen LogP contribution in [0.15, 0.2) is 0 Å². The molecule has 1 saturated heterocycles. The molecule has 0 aromatic carbocycles. The summed E-state index contributed by atoms with van der Waals surface area (Å²) >= 11 is 0. The third kappa shape index (κ3) is 5.12. The van der Waals surface area contributed by atoms with Crippen molar-refractivity contribution in [2.75, 3.05) is 26.7 Å². The third-order valence-corrected chi connectivity index (χ3v) is 4.16. The lowest BCUT2D eigenvalue weighted by Gasteiger charge is -2.32. The molecular weight excluding hydrogens is 256 g/mol. The van der Waals surface area contributed by atoms with E-state index in [4.69, 9.17) is 5.11 Å². The highest BCUT2D eigenvalue weighted by atomic mass is 16.4. The SMILES string of the molecule is CC(C)CC(C)N(C)C(=O)CN1CCC(C(=O)O)CC1. The van der Waals surface area contributed by atoms with E-state index in [0.29, 0.717) is 38.4 Å². The molecule has 1 rings (SSSR count). The van der Waals surface area contributed by atoms with Gasteiger partial charge in [-0.1, -0.05) is 13.8 Å². The predicted octanol–water partition coefficient (Wildman–Crippen LogP) is 1.68. The second kappa shape index (κ2) is 7.62. The van der Waals surface area contributed by atoms with Crippen molar-refractivity contribution in [3.8, 4) is 0 Å². The van der Waals surface area contributed by atoms with Gasteiger partial charge in [0.05, 0.1) is 12.5 Å². The molecule has 0 saturated carbocycles. The molecule has 20 heavy (non-hydrogen) atoms. The summed E-state index contributed by atoms with van der Waals surface area (Å²) in [5, 5.41) is 8.96. The molecule has 1 aliphatic heterocycles. The molecule has 0 bridgehead atoms. The van der Waals surface area contributed by atoms with Gasteiger partial charge in [-0.15, -0.1) is 0 Å². The first-order chi connectivity index (χ1) is 9.31. The Labute approximate surface area is 121 Å². The Bertz CT molecular complexity index is 336. The lowest BCUT2D eigenvalue weighted by molar-refractivity contribution is -0.143. The molecule has 1 atom stereocenters. The molecule has 1 amide bonds. The standard InChI is InChI=1S/C15H28N2O3/c1-11(2)9-12(3)16(4)14(18)10-17-7-5-13(6-8-17)15(19)20/h11-13H,5-10H2,1-4H3,(H,19,20). The summed E-state index contributed by atoms with van der Waals surface area (Å²) in [5.74, 6) is -0.240. The topological polar surface area (TPSA) is 60.9 Å². The van der Waals surface area contributed by atoms with Gasteiger partial charge in [-0.3, -0.25) is 14.5 Å². The van der Waals surface area contributed by atoms with E-state index in [1.165, 1.54) is 0 Å². The van der Waals surface area contributed by atoms with Crippen LogP contribution in [0.5, 0.6) is 0 Å². The number of hydrogen-bond acceptors (Lipinski definition) is 3. The van der Waals surface area contributed by atoms with Crippen molar-refractivity contribution in [1.29, 1.82) is 0 Å². The van der Waals surface area contributed by atoms with Crippen LogP contribution in [0.2, 0.25) is 0 Å². The number of carbonyl (C=O) groups excluding carboxylic acids is 1. The fraction of sp³-hybridized carbons (Fsp3) is 0.867. The summed E-state index contributed by atoms with van der Waals surface area (Å²) in [6.07, 6.45) is 2.30. The van der Waals surface area contributed by atoms with Crippen LogP contribution in [0.1, 0.15) is 40.0 Å². The normalized spacial score (nSPS) is 19.1. The van der Waals surface area contributed by atoms with Crippen LogP contribution >= 0.6 is 0 Å². The average molecular weight is 284 g/mol. The van der Waals surface area contributed by atoms with Crippen molar-refractivity contribution in [2.45, 2.75) is 46.1 Å². The number of piperidine rings is 1. The quantitative estimate of drug-likeness (QED) is 0.806. The highest BCUT2D eigenvalue weighted by molar-refractivity contribution is 5.78. The first-order valence-electron chi connectivity index (χ1n) is 7.52. The molecule has 0 aromatic rings. The van der Waals surface area contributed by atoms with Crippen molar-refractivity contribution in [3.05, 3.63) is 0 Å². The number of likely N-dealkylation sites (N-methyl/N-ethyl adjacent to an activating group) is 1. The van der Waals surface area contributed by atoms with Gasteiger partial charge in [0, 0.05) is 13.1 Å². The Kier molecular flexibility index (Phi) is 6.46. The maximum atomic E-state index is 12.2. The number of hydrogen-bond donors (Lipinski definition) is 1. The zero-order valence-electron chi connectivity index (χ0n) is 13.1. The second-order valence-electron chi connectivity index (χ2n) is 6.37. The highest BCUT2D eigenvalue weighted by Gasteiger charge is 2.26. The van der Waals surface area contributed by atoms with E-state index >= 15 is 0 Å². The minimum absolute atomic E-state index is 0.131. The molecule has 5 heteroatoms. The summed E-state index contributed by atoms with van der Waals surface area (Å²) in [4.78, 5) is 27.0. The number of rotatable bonds is 6. The number of nitrogens with zero attached hydrogens (tertiary/aromatic N) is 2. The summed E-state index contributed by atoms with van der Waals surface area (Å²) < 4.78 is 0. The zero-order chi connectivity index (χ0) is 15.3. The third-order valence-electron chi connectivity index (χ3n) is 4.16. The van der Waals surface area contributed by atoms with Gasteiger partial charge in [0.15, 0.2) is 0 Å². The fourth-order valence-electron chi connectivity index (χ4n) is 2.73. The number of carboxylic acid groups (broad SMARTS) is 1. The van der Waals surface area contributed by atoms with Crippen LogP contribution < -0.4 is 0 Å². The van der Waals surface area contributed by atoms with Gasteiger partial charge < -0.3 is 10.0 Å². The van der Waals surface area contributed by atoms with E-state index in [-0.39, 0.29) is 17.9 Å². The maximum absolute atomic E-state index is 12.2. The minimum Gasteiger partial charge on any atom is -0.481 e. The van der Waals surface area contributed by atoms with E-state index in [0.717, 1.165) is 6.42 Å². The van der Waals surface area contributed by atoms with Gasteiger partial charge in [0.1, 0.15) is 0 Å². The molecule has 1 unspecified atom stereocenters. The summed E-state index contributed by atoms with van der Waals surface area (Å²) in [6.45, 7) is 8.21. The molecule has 0 aromatic heterocycles. The second-order valence-corrected chi connectivity index (χ2v) is 6.37. The van der Waals surface area contributed by atoms with E-state index in [1.807, 2.05) is 11.9 Å². The molecule has 1 heterocycles. The van der Waals surface area contributed by atoms with Gasteiger partial charge in [0.25, 0.3) is 0 Å². The lowest BCUT2D eigenvalue weighted by Crippen LogP contribution is -2.45. The van der Waals surface area contributed by atoms with Gasteiger partial charge in [-0.2, -0.15) is 0 Å². The Morgan fingerprint density at radius 3 is 2.25 bits per heavy atom. The summed E-state index contributed by atoms with van der Waals surface area (Å²) in [6, 6.07) is 0.249. The molecule has 1 N–H and O–H groups in total. The molecule has 1 aliphatic rings. The first kappa shape index (κ1) is 17.0. The van der Waals surface area contributed by atoms with Gasteiger partial charge in [0.2, 0.25) is 5.91 Å². The van der Waals surface area contributed by atoms with Gasteiger partial charge in [-0.25, -0.2) is 0 Å². The molecule has 0 radical (unpaired) electrons. The lowest BCUT2D eigenvalue weighted by atomic mass is 9.97. The Balaban J connectivity index is 2.37. The van der Waals surface area contributed by atoms with Crippen LogP contribution in [0, 0.1) is 11.8 Å². The van der Waals surface area contributed by atoms with Crippen molar-refractivity contribution in [1.82, 2.24) is 9.80 Å². The molecule has 1 fully saturated rings. The monoisotopic (exact) mass is 284 g/mol. The van der Waals surface area contributed by atoms with Gasteiger partial charge >= 0.3 is 5.97 Å². The van der Waals surface area contributed by atoms with Crippen LogP contribution in [0.4, 0.5) is 0 Å². The van der Waals surface area contributed by atoms with Crippen LogP contribution in [-0.4, -0.2) is 59.5 Å². The largest absolute Gasteiger partial charge is 0.481 e. The number of likely N-dealkylation sites (tertiary alicyclic amines) is 1. The van der Waals surface area contributed by atoms with Crippen LogP contribution in [-0.2, 0) is 9.59 Å². The first-order valence-corrected chi connectivity index (χ1v) is 7.52. The zero-order valence-corrected chi connectivity index (χ0v) is 13.1. The van der Waals surface area contributed by atoms with E-state index in [2.05, 4.69) is 25.7 Å². The van der Waals surface area contributed by atoms with Crippen molar-refractivity contribution in [3.63, 3.8) is 0 Å². The van der Waals surface area contributed by atoms with E-state index < -0.39 is 5.97 Å². The predicted molar refractivity (Wildman–Crippen MR) is 78.5 cm³/mol. The van der Waals surface area contributed by atoms with Crippen molar-refractivity contribution < 1.29 is 14.7 Å². The minimum atomic E-state index is -0.710. The average Bonchev–Trinajstić information content (AvgIpc) is 2.37. The van der Waals surface area contributed by atoms with E-state index in [1.54, 1.807) is 0 Å². The maximum Gasteiger partial charge on any atom is 0.306 e. The Morgan fingerprint density at radius 2 is 1.80 bits per heavy atom. The van der Waals surface area contributed by atoms with Crippen molar-refractivity contribution in [2.24, 2.45) is 11.8 Å². The fourth-order valence-corrected chi connectivity index (χ4v) is 2.73. The van der Waals surface area contributed by atoms with Crippen LogP contribution in [0.3, 0.4) is 0 Å².